The Morgan fingerprint density at radius 2 is 1.56 bits per heavy atom. The molecule has 0 aliphatic heterocycles. The topological polar surface area (TPSA) is 35.6 Å². The molecular weight excluding hydrogens is 334 g/mol. The molecule has 0 aromatic heterocycles. The van der Waals surface area contributed by atoms with Crippen molar-refractivity contribution in [2.75, 3.05) is 47.3 Å². The molecule has 0 spiro atoms. The number of amides is 1. The number of hydrogen-bond acceptors (Lipinski definition) is 3. The van der Waals surface area contributed by atoms with E-state index in [0.29, 0.717) is 0 Å². The van der Waals surface area contributed by atoms with Crippen molar-refractivity contribution in [2.45, 2.75) is 71.6 Å². The largest absolute Gasteiger partial charge is 0.352 e. The summed E-state index contributed by atoms with van der Waals surface area (Å²) in [5.74, 6) is 0.0220. The summed E-state index contributed by atoms with van der Waals surface area (Å²) in [7, 11) is 6.40. The van der Waals surface area contributed by atoms with Crippen molar-refractivity contribution < 1.29 is 4.79 Å². The SMILES string of the molecule is CCCCCCC/C=C/C(C)=C\C(=O)NCCCN(C)CCCCN(C)C. The summed E-state index contributed by atoms with van der Waals surface area (Å²) in [6.07, 6.45) is 17.1. The van der Waals surface area contributed by atoms with E-state index in [9.17, 15) is 4.79 Å². The molecule has 1 amide bonds. The average molecular weight is 380 g/mol. The van der Waals surface area contributed by atoms with Crippen LogP contribution in [0.25, 0.3) is 0 Å². The lowest BCUT2D eigenvalue weighted by Crippen LogP contribution is -2.28. The second kappa shape index (κ2) is 18.2. The van der Waals surface area contributed by atoms with Gasteiger partial charge in [-0.15, -0.1) is 0 Å². The Bertz CT molecular complexity index is 416. The van der Waals surface area contributed by atoms with Crippen molar-refractivity contribution in [1.82, 2.24) is 15.1 Å². The molecule has 0 aromatic rings. The van der Waals surface area contributed by atoms with Crippen LogP contribution in [0.3, 0.4) is 0 Å². The minimum atomic E-state index is 0.0220. The predicted octanol–water partition coefficient (Wildman–Crippen LogP) is 4.63. The van der Waals surface area contributed by atoms with Gasteiger partial charge in [0.05, 0.1) is 0 Å². The first kappa shape index (κ1) is 25.9. The fraction of sp³-hybridized carbons (Fsp3) is 0.783. The average Bonchev–Trinajstić information content (AvgIpc) is 2.61. The highest BCUT2D eigenvalue weighted by molar-refractivity contribution is 5.88. The molecule has 4 nitrogen and oxygen atoms in total. The predicted molar refractivity (Wildman–Crippen MR) is 119 cm³/mol. The Morgan fingerprint density at radius 1 is 0.889 bits per heavy atom. The highest BCUT2D eigenvalue weighted by Gasteiger charge is 2.00. The van der Waals surface area contributed by atoms with Crippen LogP contribution < -0.4 is 5.32 Å². The van der Waals surface area contributed by atoms with Gasteiger partial charge in [-0.2, -0.15) is 0 Å². The fourth-order valence-electron chi connectivity index (χ4n) is 2.92. The van der Waals surface area contributed by atoms with Crippen LogP contribution in [0.2, 0.25) is 0 Å². The van der Waals surface area contributed by atoms with Crippen LogP contribution in [-0.2, 0) is 4.79 Å². The van der Waals surface area contributed by atoms with E-state index in [1.807, 2.05) is 6.92 Å². The van der Waals surface area contributed by atoms with Crippen LogP contribution in [0.5, 0.6) is 0 Å². The van der Waals surface area contributed by atoms with Gasteiger partial charge >= 0.3 is 0 Å². The van der Waals surface area contributed by atoms with Crippen LogP contribution in [0.1, 0.15) is 71.6 Å². The molecule has 0 aliphatic carbocycles. The maximum atomic E-state index is 11.9. The van der Waals surface area contributed by atoms with Crippen LogP contribution in [0.15, 0.2) is 23.8 Å². The number of nitrogens with one attached hydrogen (secondary N) is 1. The fourth-order valence-corrected chi connectivity index (χ4v) is 2.92. The van der Waals surface area contributed by atoms with Crippen molar-refractivity contribution >= 4 is 5.91 Å². The number of carbonyl (C=O) groups excluding carboxylic acids is 1. The van der Waals surface area contributed by atoms with E-state index in [-0.39, 0.29) is 5.91 Å². The zero-order valence-corrected chi connectivity index (χ0v) is 18.7. The third kappa shape index (κ3) is 19.4. The van der Waals surface area contributed by atoms with E-state index in [1.54, 1.807) is 6.08 Å². The first-order valence-electron chi connectivity index (χ1n) is 10.9. The molecule has 0 heterocycles. The Balaban J connectivity index is 3.71. The Morgan fingerprint density at radius 3 is 2.26 bits per heavy atom. The van der Waals surface area contributed by atoms with Gasteiger partial charge < -0.3 is 15.1 Å². The molecule has 27 heavy (non-hydrogen) atoms. The zero-order valence-electron chi connectivity index (χ0n) is 18.7. The first-order chi connectivity index (χ1) is 13.0. The number of rotatable bonds is 17. The van der Waals surface area contributed by atoms with Gasteiger partial charge in [-0.1, -0.05) is 44.8 Å². The summed E-state index contributed by atoms with van der Waals surface area (Å²) in [6, 6.07) is 0. The van der Waals surface area contributed by atoms with Crippen LogP contribution in [0.4, 0.5) is 0 Å². The molecular formula is C23H45N3O. The quantitative estimate of drug-likeness (QED) is 0.227. The van der Waals surface area contributed by atoms with Crippen molar-refractivity contribution in [3.05, 3.63) is 23.8 Å². The normalized spacial score (nSPS) is 12.5. The zero-order chi connectivity index (χ0) is 20.3. The van der Waals surface area contributed by atoms with Gasteiger partial charge in [-0.3, -0.25) is 4.79 Å². The van der Waals surface area contributed by atoms with Gasteiger partial charge in [0.15, 0.2) is 0 Å². The molecule has 0 aliphatic rings. The molecule has 4 heteroatoms. The molecule has 0 rings (SSSR count). The van der Waals surface area contributed by atoms with E-state index in [2.05, 4.69) is 55.3 Å². The van der Waals surface area contributed by atoms with Gasteiger partial charge in [0, 0.05) is 12.6 Å². The second-order valence-corrected chi connectivity index (χ2v) is 7.95. The number of nitrogens with zero attached hydrogens (tertiary/aromatic N) is 2. The molecule has 0 saturated heterocycles. The molecule has 0 atom stereocenters. The smallest absolute Gasteiger partial charge is 0.244 e. The molecule has 1 N–H and O–H groups in total. The van der Waals surface area contributed by atoms with Crippen LogP contribution in [0, 0.1) is 0 Å². The lowest BCUT2D eigenvalue weighted by molar-refractivity contribution is -0.116. The first-order valence-corrected chi connectivity index (χ1v) is 10.9. The van der Waals surface area contributed by atoms with Gasteiger partial charge in [0.1, 0.15) is 0 Å². The number of hydrogen-bond donors (Lipinski definition) is 1. The molecule has 0 fully saturated rings. The maximum Gasteiger partial charge on any atom is 0.244 e. The van der Waals surface area contributed by atoms with Crippen molar-refractivity contribution in [3.63, 3.8) is 0 Å². The standard InChI is InChI=1S/C23H45N3O/c1-6-7-8-9-10-11-12-16-22(2)21-23(27)24-17-15-20-26(5)19-14-13-18-25(3)4/h12,16,21H,6-11,13-15,17-20H2,1-5H3,(H,24,27)/b16-12+,22-21-. The van der Waals surface area contributed by atoms with E-state index < -0.39 is 0 Å². The van der Waals surface area contributed by atoms with Gasteiger partial charge in [0.25, 0.3) is 0 Å². The Kier molecular flexibility index (Phi) is 17.5. The van der Waals surface area contributed by atoms with E-state index >= 15 is 0 Å². The molecule has 0 bridgehead atoms. The van der Waals surface area contributed by atoms with Crippen molar-refractivity contribution in [1.29, 1.82) is 0 Å². The third-order valence-electron chi connectivity index (χ3n) is 4.62. The summed E-state index contributed by atoms with van der Waals surface area (Å²) in [6.45, 7) is 8.29. The Labute approximate surface area is 169 Å². The molecule has 0 unspecified atom stereocenters. The van der Waals surface area contributed by atoms with E-state index in [4.69, 9.17) is 0 Å². The van der Waals surface area contributed by atoms with Gasteiger partial charge in [-0.05, 0) is 85.4 Å². The van der Waals surface area contributed by atoms with E-state index in [1.165, 1.54) is 44.9 Å². The summed E-state index contributed by atoms with van der Waals surface area (Å²) < 4.78 is 0. The third-order valence-corrected chi connectivity index (χ3v) is 4.62. The second-order valence-electron chi connectivity index (χ2n) is 7.95. The minimum Gasteiger partial charge on any atom is -0.352 e. The highest BCUT2D eigenvalue weighted by atomic mass is 16.1. The van der Waals surface area contributed by atoms with Gasteiger partial charge in [0.2, 0.25) is 5.91 Å². The highest BCUT2D eigenvalue weighted by Crippen LogP contribution is 2.06. The molecule has 0 aromatic carbocycles. The summed E-state index contributed by atoms with van der Waals surface area (Å²) in [5, 5.41) is 2.99. The summed E-state index contributed by atoms with van der Waals surface area (Å²) in [5.41, 5.74) is 1.03. The summed E-state index contributed by atoms with van der Waals surface area (Å²) >= 11 is 0. The lowest BCUT2D eigenvalue weighted by Gasteiger charge is -2.17. The van der Waals surface area contributed by atoms with Crippen LogP contribution in [-0.4, -0.2) is 63.0 Å². The monoisotopic (exact) mass is 379 g/mol. The van der Waals surface area contributed by atoms with Crippen molar-refractivity contribution in [2.24, 2.45) is 0 Å². The maximum absolute atomic E-state index is 11.9. The van der Waals surface area contributed by atoms with Crippen molar-refractivity contribution in [3.8, 4) is 0 Å². The molecule has 0 saturated carbocycles. The van der Waals surface area contributed by atoms with Gasteiger partial charge in [-0.25, -0.2) is 0 Å². The number of carbonyl (C=O) groups is 1. The minimum absolute atomic E-state index is 0.0220. The lowest BCUT2D eigenvalue weighted by atomic mass is 10.1. The Hall–Kier alpha value is -1.13. The summed E-state index contributed by atoms with van der Waals surface area (Å²) in [4.78, 5) is 16.5. The molecule has 158 valence electrons. The number of allylic oxidation sites excluding steroid dienone is 3. The molecule has 0 radical (unpaired) electrons. The number of unbranched alkanes of at least 4 members (excludes halogenated alkanes) is 6. The van der Waals surface area contributed by atoms with E-state index in [0.717, 1.165) is 44.6 Å². The van der Waals surface area contributed by atoms with Crippen LogP contribution >= 0.6 is 0 Å².